The molecule has 4 heteroatoms. The van der Waals surface area contributed by atoms with E-state index in [1.165, 1.54) is 4.90 Å². The van der Waals surface area contributed by atoms with Gasteiger partial charge in [0.15, 0.2) is 0 Å². The zero-order valence-electron chi connectivity index (χ0n) is 7.66. The minimum Gasteiger partial charge on any atom is -0.283 e. The van der Waals surface area contributed by atoms with Crippen LogP contribution in [0.15, 0.2) is 28.9 Å². The number of hydrogen-bond acceptors (Lipinski definition) is 2. The topological polar surface area (TPSA) is 37.4 Å². The fourth-order valence-corrected chi connectivity index (χ4v) is 2.53. The fraction of sp³-hybridized carbons (Fsp3) is 0.0909. The average molecular weight is 264 g/mol. The number of allylic oxidation sites excluding steroid dienone is 1. The lowest BCUT2D eigenvalue weighted by Crippen LogP contribution is -2.25. The number of anilines is 1. The number of ketones is 1. The molecule has 3 nitrogen and oxygen atoms in total. The summed E-state index contributed by atoms with van der Waals surface area (Å²) < 4.78 is 0.842. The van der Waals surface area contributed by atoms with E-state index < -0.39 is 11.7 Å². The van der Waals surface area contributed by atoms with Crippen molar-refractivity contribution in [1.82, 2.24) is 0 Å². The molecule has 2 aliphatic heterocycles. The zero-order valence-corrected chi connectivity index (χ0v) is 9.24. The molecular weight excluding hydrogens is 258 g/mol. The second-order valence-electron chi connectivity index (χ2n) is 3.55. The molecule has 2 aliphatic rings. The number of rotatable bonds is 0. The van der Waals surface area contributed by atoms with Crippen LogP contribution in [0.1, 0.15) is 15.9 Å². The molecule has 0 aliphatic carbocycles. The molecule has 0 saturated carbocycles. The Morgan fingerprint density at radius 1 is 1.27 bits per heavy atom. The minimum absolute atomic E-state index is 0.418. The van der Waals surface area contributed by atoms with E-state index in [0.717, 1.165) is 22.1 Å². The molecule has 0 aromatic heterocycles. The van der Waals surface area contributed by atoms with Crippen LogP contribution in [0.3, 0.4) is 0 Å². The van der Waals surface area contributed by atoms with Crippen molar-refractivity contribution in [2.75, 3.05) is 4.90 Å². The number of carbonyl (C=O) groups excluding carboxylic acids is 2. The SMILES string of the molecule is O=C1C(=O)N2C=CCc3cc(Br)cc1c32. The quantitative estimate of drug-likeness (QED) is 0.672. The van der Waals surface area contributed by atoms with Crippen molar-refractivity contribution in [3.05, 3.63) is 40.0 Å². The lowest BCUT2D eigenvalue weighted by atomic mass is 10.0. The number of benzene rings is 1. The summed E-state index contributed by atoms with van der Waals surface area (Å²) in [5.74, 6) is -0.876. The average Bonchev–Trinajstić information content (AvgIpc) is 2.46. The van der Waals surface area contributed by atoms with Crippen LogP contribution < -0.4 is 4.90 Å². The maximum Gasteiger partial charge on any atom is 0.303 e. The molecule has 0 unspecified atom stereocenters. The van der Waals surface area contributed by atoms with E-state index in [4.69, 9.17) is 0 Å². The number of carbonyl (C=O) groups is 2. The van der Waals surface area contributed by atoms with E-state index in [1.54, 1.807) is 12.3 Å². The minimum atomic E-state index is -0.458. The first kappa shape index (κ1) is 8.85. The van der Waals surface area contributed by atoms with Gasteiger partial charge >= 0.3 is 5.91 Å². The zero-order chi connectivity index (χ0) is 10.6. The predicted octanol–water partition coefficient (Wildman–Crippen LogP) is 2.05. The summed E-state index contributed by atoms with van der Waals surface area (Å²) >= 11 is 3.34. The molecule has 74 valence electrons. The Hall–Kier alpha value is -1.42. The number of nitrogens with zero attached hydrogens (tertiary/aromatic N) is 1. The van der Waals surface area contributed by atoms with E-state index in [-0.39, 0.29) is 0 Å². The number of halogens is 1. The molecule has 0 atom stereocenters. The van der Waals surface area contributed by atoms with Crippen LogP contribution in [-0.4, -0.2) is 11.7 Å². The van der Waals surface area contributed by atoms with Gasteiger partial charge in [0.2, 0.25) is 0 Å². The smallest absolute Gasteiger partial charge is 0.283 e. The molecule has 0 spiro atoms. The van der Waals surface area contributed by atoms with Gasteiger partial charge in [-0.2, -0.15) is 0 Å². The van der Waals surface area contributed by atoms with E-state index in [0.29, 0.717) is 5.56 Å². The standard InChI is InChI=1S/C11H6BrNO2/c12-7-4-6-2-1-3-13-9(6)8(5-7)10(14)11(13)15/h1,3-5H,2H2. The Kier molecular flexibility index (Phi) is 1.65. The Bertz CT molecular complexity index is 534. The Balaban J connectivity index is 2.37. The van der Waals surface area contributed by atoms with Gasteiger partial charge in [0.05, 0.1) is 11.3 Å². The molecule has 1 aromatic rings. The molecular formula is C11H6BrNO2. The van der Waals surface area contributed by atoms with Crippen molar-refractivity contribution in [1.29, 1.82) is 0 Å². The van der Waals surface area contributed by atoms with Crippen molar-refractivity contribution in [3.8, 4) is 0 Å². The third kappa shape index (κ3) is 1.05. The number of amides is 1. The fourth-order valence-electron chi connectivity index (χ4n) is 2.02. The monoisotopic (exact) mass is 263 g/mol. The highest BCUT2D eigenvalue weighted by atomic mass is 79.9. The van der Waals surface area contributed by atoms with Gasteiger partial charge in [-0.25, -0.2) is 0 Å². The van der Waals surface area contributed by atoms with E-state index in [9.17, 15) is 9.59 Å². The molecule has 1 amide bonds. The van der Waals surface area contributed by atoms with Gasteiger partial charge in [0.1, 0.15) is 0 Å². The van der Waals surface area contributed by atoms with Crippen LogP contribution in [0.4, 0.5) is 5.69 Å². The maximum atomic E-state index is 11.7. The molecule has 15 heavy (non-hydrogen) atoms. The molecule has 0 saturated heterocycles. The number of Topliss-reactive ketones (excluding diaryl/α,β-unsaturated/α-hetero) is 1. The summed E-state index contributed by atoms with van der Waals surface area (Å²) in [5, 5.41) is 0. The van der Waals surface area contributed by atoms with E-state index in [1.807, 2.05) is 12.1 Å². The summed E-state index contributed by atoms with van der Waals surface area (Å²) in [6.45, 7) is 0. The van der Waals surface area contributed by atoms with Gasteiger partial charge < -0.3 is 0 Å². The number of hydrogen-bond donors (Lipinski definition) is 0. The molecule has 0 fully saturated rings. The van der Waals surface area contributed by atoms with Gasteiger partial charge in [-0.05, 0) is 24.1 Å². The molecule has 1 aromatic carbocycles. The van der Waals surface area contributed by atoms with Gasteiger partial charge in [-0.15, -0.1) is 0 Å². The van der Waals surface area contributed by atoms with Crippen LogP contribution in [0.5, 0.6) is 0 Å². The Morgan fingerprint density at radius 3 is 2.87 bits per heavy atom. The lowest BCUT2D eigenvalue weighted by molar-refractivity contribution is -0.113. The second-order valence-corrected chi connectivity index (χ2v) is 4.47. The molecule has 2 heterocycles. The summed E-state index contributed by atoms with van der Waals surface area (Å²) in [6.07, 6.45) is 4.32. The highest BCUT2D eigenvalue weighted by molar-refractivity contribution is 9.10. The first-order chi connectivity index (χ1) is 7.18. The molecule has 0 radical (unpaired) electrons. The van der Waals surface area contributed by atoms with Crippen molar-refractivity contribution < 1.29 is 9.59 Å². The Morgan fingerprint density at radius 2 is 2.07 bits per heavy atom. The molecule has 0 N–H and O–H groups in total. The predicted molar refractivity (Wildman–Crippen MR) is 58.8 cm³/mol. The van der Waals surface area contributed by atoms with Crippen molar-refractivity contribution in [3.63, 3.8) is 0 Å². The summed E-state index contributed by atoms with van der Waals surface area (Å²) in [4.78, 5) is 24.7. The third-order valence-electron chi connectivity index (χ3n) is 2.64. The summed E-state index contributed by atoms with van der Waals surface area (Å²) in [6, 6.07) is 3.65. The second kappa shape index (κ2) is 2.79. The van der Waals surface area contributed by atoms with Gasteiger partial charge in [0, 0.05) is 10.7 Å². The maximum absolute atomic E-state index is 11.7. The van der Waals surface area contributed by atoms with Crippen LogP contribution in [-0.2, 0) is 11.2 Å². The highest BCUT2D eigenvalue weighted by Gasteiger charge is 2.37. The summed E-state index contributed by atoms with van der Waals surface area (Å²) in [7, 11) is 0. The molecule has 3 rings (SSSR count). The van der Waals surface area contributed by atoms with E-state index in [2.05, 4.69) is 15.9 Å². The normalized spacial score (nSPS) is 17.3. The van der Waals surface area contributed by atoms with E-state index >= 15 is 0 Å². The van der Waals surface area contributed by atoms with Gasteiger partial charge in [0.25, 0.3) is 5.78 Å². The van der Waals surface area contributed by atoms with Crippen molar-refractivity contribution >= 4 is 33.3 Å². The van der Waals surface area contributed by atoms with Crippen LogP contribution in [0.25, 0.3) is 0 Å². The first-order valence-corrected chi connectivity index (χ1v) is 5.35. The van der Waals surface area contributed by atoms with Crippen LogP contribution >= 0.6 is 15.9 Å². The summed E-state index contributed by atoms with van der Waals surface area (Å²) in [5.41, 5.74) is 2.28. The third-order valence-corrected chi connectivity index (χ3v) is 3.10. The first-order valence-electron chi connectivity index (χ1n) is 4.55. The highest BCUT2D eigenvalue weighted by Crippen LogP contribution is 2.37. The van der Waals surface area contributed by atoms with Crippen LogP contribution in [0.2, 0.25) is 0 Å². The van der Waals surface area contributed by atoms with Crippen LogP contribution in [0, 0.1) is 0 Å². The van der Waals surface area contributed by atoms with Crippen molar-refractivity contribution in [2.24, 2.45) is 0 Å². The van der Waals surface area contributed by atoms with Crippen molar-refractivity contribution in [2.45, 2.75) is 6.42 Å². The lowest BCUT2D eigenvalue weighted by Gasteiger charge is -2.18. The van der Waals surface area contributed by atoms with Gasteiger partial charge in [-0.3, -0.25) is 14.5 Å². The van der Waals surface area contributed by atoms with Gasteiger partial charge in [-0.1, -0.05) is 22.0 Å². The Labute approximate surface area is 94.5 Å². The largest absolute Gasteiger partial charge is 0.303 e. The molecule has 0 bridgehead atoms.